The fourth-order valence-electron chi connectivity index (χ4n) is 9.09. The highest BCUT2D eigenvalue weighted by Crippen LogP contribution is 2.37. The molecular weight excluding hydrogens is 985 g/mol. The van der Waals surface area contributed by atoms with Crippen molar-refractivity contribution in [2.75, 3.05) is 11.5 Å². The molecule has 0 saturated heterocycles. The molecule has 12 aromatic rings. The van der Waals surface area contributed by atoms with Crippen molar-refractivity contribution in [2.24, 2.45) is 0 Å². The van der Waals surface area contributed by atoms with E-state index in [-0.39, 0.29) is 56.5 Å². The van der Waals surface area contributed by atoms with Crippen molar-refractivity contribution in [1.82, 2.24) is 58.6 Å². The number of halogens is 4. The van der Waals surface area contributed by atoms with Gasteiger partial charge in [0.2, 0.25) is 0 Å². The van der Waals surface area contributed by atoms with Crippen molar-refractivity contribution in [2.45, 2.75) is 25.9 Å². The van der Waals surface area contributed by atoms with E-state index in [2.05, 4.69) is 40.1 Å². The Morgan fingerprint density at radius 3 is 1.25 bits per heavy atom. The average molecular weight is 1020 g/mol. The third kappa shape index (κ3) is 8.09. The number of nitrogen functional groups attached to an aromatic ring is 2. The van der Waals surface area contributed by atoms with Crippen molar-refractivity contribution in [3.05, 3.63) is 202 Å². The monoisotopic (exact) mass is 1020 g/mol. The fraction of sp³-hybridized carbons (Fsp3) is 0.0741. The van der Waals surface area contributed by atoms with E-state index in [1.54, 1.807) is 86.6 Å². The van der Waals surface area contributed by atoms with Gasteiger partial charge in [0.1, 0.15) is 81.8 Å². The van der Waals surface area contributed by atoms with Gasteiger partial charge in [-0.05, 0) is 98.8 Å². The molecule has 12 rings (SSSR count). The third-order valence-electron chi connectivity index (χ3n) is 12.7. The van der Waals surface area contributed by atoms with Crippen LogP contribution in [0, 0.1) is 23.3 Å². The van der Waals surface area contributed by atoms with Crippen LogP contribution in [0.15, 0.2) is 156 Å². The van der Waals surface area contributed by atoms with Crippen molar-refractivity contribution >= 4 is 55.5 Å². The number of phenolic OH excluding ortho intramolecular Hbond substituents is 2. The molecule has 0 aliphatic heterocycles. The van der Waals surface area contributed by atoms with E-state index in [4.69, 9.17) is 11.5 Å². The molecule has 0 fully saturated rings. The molecule has 0 spiro atoms. The molecule has 0 amide bonds. The minimum absolute atomic E-state index is 0.117. The zero-order valence-electron chi connectivity index (χ0n) is 39.8. The van der Waals surface area contributed by atoms with E-state index in [1.807, 2.05) is 0 Å². The second kappa shape index (κ2) is 18.9. The number of fused-ring (bicyclic) bond motifs is 4. The second-order valence-electron chi connectivity index (χ2n) is 17.3. The lowest BCUT2D eigenvalue weighted by atomic mass is 10.1. The maximum Gasteiger partial charge on any atom is 0.269 e. The van der Waals surface area contributed by atoms with Gasteiger partial charge < -0.3 is 21.7 Å². The Morgan fingerprint density at radius 1 is 0.474 bits per heavy atom. The highest BCUT2D eigenvalue weighted by Gasteiger charge is 2.29. The van der Waals surface area contributed by atoms with Crippen molar-refractivity contribution in [3.63, 3.8) is 0 Å². The molecule has 2 unspecified atom stereocenters. The first-order valence-corrected chi connectivity index (χ1v) is 23.2. The molecule has 0 radical (unpaired) electrons. The van der Waals surface area contributed by atoms with Crippen LogP contribution >= 0.6 is 0 Å². The lowest BCUT2D eigenvalue weighted by Crippen LogP contribution is -2.28. The first-order valence-electron chi connectivity index (χ1n) is 23.2. The summed E-state index contributed by atoms with van der Waals surface area (Å²) >= 11 is 0. The molecule has 2 atom stereocenters. The molecule has 76 heavy (non-hydrogen) atoms. The minimum Gasteiger partial charge on any atom is -0.505 e. The number of aromatic nitrogens is 12. The number of para-hydroxylation sites is 2. The van der Waals surface area contributed by atoms with Gasteiger partial charge in [0.25, 0.3) is 11.1 Å². The molecule has 0 aliphatic carbocycles. The summed E-state index contributed by atoms with van der Waals surface area (Å²) < 4.78 is 63.7. The van der Waals surface area contributed by atoms with Crippen LogP contribution in [0.5, 0.6) is 11.5 Å². The summed E-state index contributed by atoms with van der Waals surface area (Å²) in [4.78, 5) is 53.6. The molecule has 18 nitrogen and oxygen atoms in total. The summed E-state index contributed by atoms with van der Waals surface area (Å²) in [6.45, 7) is 3.52. The number of nitrogens with two attached hydrogens (primary N) is 2. The molecular formula is C54H38F4N14O4. The molecule has 6 aromatic carbocycles. The molecule has 6 N–H and O–H groups in total. The van der Waals surface area contributed by atoms with E-state index in [0.717, 1.165) is 12.1 Å². The number of nitrogens with zero attached hydrogens (tertiary/aromatic N) is 12. The van der Waals surface area contributed by atoms with Crippen molar-refractivity contribution in [1.29, 1.82) is 0 Å². The molecule has 6 aromatic heterocycles. The summed E-state index contributed by atoms with van der Waals surface area (Å²) in [6, 6.07) is 32.3. The van der Waals surface area contributed by atoms with Gasteiger partial charge in [0.05, 0.1) is 33.2 Å². The number of aromatic hydroxyl groups is 2. The highest BCUT2D eigenvalue weighted by atomic mass is 19.1. The Morgan fingerprint density at radius 2 is 0.868 bits per heavy atom. The molecule has 0 aliphatic rings. The number of hydrogen-bond donors (Lipinski definition) is 4. The van der Waals surface area contributed by atoms with E-state index in [9.17, 15) is 37.4 Å². The second-order valence-corrected chi connectivity index (χ2v) is 17.3. The number of phenols is 2. The molecule has 0 bridgehead atoms. The topological polar surface area (TPSA) is 249 Å². The Bertz CT molecular complexity index is 4120. The van der Waals surface area contributed by atoms with Crippen molar-refractivity contribution < 1.29 is 27.8 Å². The van der Waals surface area contributed by atoms with Gasteiger partial charge in [-0.3, -0.25) is 18.7 Å². The minimum atomic E-state index is -0.829. The van der Waals surface area contributed by atoms with Gasteiger partial charge in [-0.2, -0.15) is 10.2 Å². The first kappa shape index (κ1) is 47.9. The molecule has 6 heterocycles. The summed E-state index contributed by atoms with van der Waals surface area (Å²) in [5.41, 5.74) is 14.5. The summed E-state index contributed by atoms with van der Waals surface area (Å²) in [5.74, 6) is -3.25. The van der Waals surface area contributed by atoms with Gasteiger partial charge >= 0.3 is 0 Å². The lowest BCUT2D eigenvalue weighted by Gasteiger charge is -2.19. The van der Waals surface area contributed by atoms with Gasteiger partial charge in [-0.25, -0.2) is 56.8 Å². The number of hydrogen-bond acceptors (Lipinski definition) is 14. The van der Waals surface area contributed by atoms with Gasteiger partial charge in [-0.15, -0.1) is 0 Å². The Balaban J connectivity index is 0.000000162. The predicted octanol–water partition coefficient (Wildman–Crippen LogP) is 8.74. The van der Waals surface area contributed by atoms with Crippen LogP contribution in [0.2, 0.25) is 0 Å². The maximum absolute atomic E-state index is 14.8. The van der Waals surface area contributed by atoms with Crippen LogP contribution in [-0.4, -0.2) is 68.8 Å². The van der Waals surface area contributed by atoms with E-state index < -0.39 is 58.0 Å². The lowest BCUT2D eigenvalue weighted by molar-refractivity contribution is 0.432. The number of rotatable bonds is 8. The Labute approximate surface area is 425 Å². The van der Waals surface area contributed by atoms with Crippen LogP contribution in [0.3, 0.4) is 0 Å². The zero-order chi connectivity index (χ0) is 53.1. The van der Waals surface area contributed by atoms with Gasteiger partial charge in [0, 0.05) is 11.1 Å². The SMILES string of the molecule is CC(c1nc2cccc(F)c2c(=O)n1-c1ccccc1)n1nc(-c2ccc(O)c(F)c2)c2c(N)ncnc21.CC(c1nc2cccc(F)c2c(=O)n1-c1ccccc1)n1nc(-c2ccc(O)c(F)c2)c2c(N)ncnc21. The number of anilines is 2. The quantitative estimate of drug-likeness (QED) is 0.104. The fourth-order valence-corrected chi connectivity index (χ4v) is 9.09. The Hall–Kier alpha value is -10.4. The van der Waals surface area contributed by atoms with Gasteiger partial charge in [0.15, 0.2) is 34.4 Å². The normalized spacial score (nSPS) is 12.3. The largest absolute Gasteiger partial charge is 0.505 e. The Kier molecular flexibility index (Phi) is 11.9. The predicted molar refractivity (Wildman–Crippen MR) is 276 cm³/mol. The van der Waals surface area contributed by atoms with E-state index in [0.29, 0.717) is 44.6 Å². The third-order valence-corrected chi connectivity index (χ3v) is 12.7. The van der Waals surface area contributed by atoms with Crippen LogP contribution < -0.4 is 22.6 Å². The van der Waals surface area contributed by atoms with Crippen LogP contribution in [0.25, 0.3) is 77.8 Å². The highest BCUT2D eigenvalue weighted by molar-refractivity contribution is 5.99. The smallest absolute Gasteiger partial charge is 0.269 e. The van der Waals surface area contributed by atoms with Crippen molar-refractivity contribution in [3.8, 4) is 45.4 Å². The van der Waals surface area contributed by atoms with E-state index >= 15 is 0 Å². The van der Waals surface area contributed by atoms with Crippen LogP contribution in [-0.2, 0) is 0 Å². The maximum atomic E-state index is 14.8. The van der Waals surface area contributed by atoms with Gasteiger partial charge in [-0.1, -0.05) is 48.5 Å². The summed E-state index contributed by atoms with van der Waals surface area (Å²) in [5, 5.41) is 29.1. The van der Waals surface area contributed by atoms with E-state index in [1.165, 1.54) is 79.7 Å². The first-order chi connectivity index (χ1) is 36.7. The summed E-state index contributed by atoms with van der Waals surface area (Å²) in [6.07, 6.45) is 2.55. The zero-order valence-corrected chi connectivity index (χ0v) is 39.8. The standard InChI is InChI=1S/2C27H19F2N7O2/c2*1-14(25-33-19-9-5-8-17(28)21(19)27(38)35(25)16-6-3-2-4-7-16)36-26-22(24(30)31-13-32-26)23(34-36)15-10-11-20(37)18(29)12-15/h2*2-14,37H,1H3,(H2,30,31,32). The van der Waals surface area contributed by atoms with Crippen LogP contribution in [0.1, 0.15) is 37.6 Å². The summed E-state index contributed by atoms with van der Waals surface area (Å²) in [7, 11) is 0. The molecule has 376 valence electrons. The van der Waals surface area contributed by atoms with Crippen LogP contribution in [0.4, 0.5) is 29.2 Å². The average Bonchev–Trinajstić information content (AvgIpc) is 4.08. The molecule has 22 heteroatoms. The number of benzene rings is 6. The molecule has 0 saturated carbocycles.